The van der Waals surface area contributed by atoms with Crippen molar-refractivity contribution in [2.24, 2.45) is 5.18 Å². The van der Waals surface area contributed by atoms with E-state index in [1.807, 2.05) is 20.8 Å². The van der Waals surface area contributed by atoms with Crippen LogP contribution in [-0.2, 0) is 9.53 Å². The van der Waals surface area contributed by atoms with Crippen molar-refractivity contribution in [1.82, 2.24) is 10.6 Å². The Morgan fingerprint density at radius 1 is 1.50 bits per heavy atom. The Labute approximate surface area is 132 Å². The molecule has 2 aliphatic rings. The quantitative estimate of drug-likeness (QED) is 0.205. The first-order chi connectivity index (χ1) is 9.40. The molecule has 0 saturated carbocycles. The summed E-state index contributed by atoms with van der Waals surface area (Å²) in [5.74, 6) is -0.185. The van der Waals surface area contributed by atoms with Crippen molar-refractivity contribution in [3.63, 3.8) is 0 Å². The number of ether oxygens (including phenoxy) is 1. The van der Waals surface area contributed by atoms with Crippen LogP contribution in [0.2, 0.25) is 0 Å². The lowest BCUT2D eigenvalue weighted by molar-refractivity contribution is -0.149. The Balaban J connectivity index is 1.79. The van der Waals surface area contributed by atoms with Gasteiger partial charge in [0.2, 0.25) is 0 Å². The molecule has 3 unspecified atom stereocenters. The molecule has 0 bridgehead atoms. The third kappa shape index (κ3) is 3.14. The Morgan fingerprint density at radius 3 is 2.50 bits per heavy atom. The molecule has 2 aliphatic heterocycles. The van der Waals surface area contributed by atoms with E-state index in [1.54, 1.807) is 0 Å². The van der Waals surface area contributed by atoms with Crippen LogP contribution >= 0.6 is 22.6 Å². The molecule has 0 aromatic heterocycles. The number of halogens is 1. The van der Waals surface area contributed by atoms with E-state index in [9.17, 15) is 9.70 Å². The predicted molar refractivity (Wildman–Crippen MR) is 84.5 cm³/mol. The van der Waals surface area contributed by atoms with E-state index >= 15 is 0 Å². The number of nitrogens with one attached hydrogen (secondary N) is 2. The SMILES string of the molecule is CCC(CCC(C)(CC)N=O)OC(=O)C(I)C12NC1N2. The Morgan fingerprint density at radius 2 is 2.10 bits per heavy atom. The summed E-state index contributed by atoms with van der Waals surface area (Å²) in [6, 6.07) is 0. The van der Waals surface area contributed by atoms with Crippen molar-refractivity contribution in [1.29, 1.82) is 0 Å². The molecule has 2 fully saturated rings. The first kappa shape index (κ1) is 16.1. The minimum absolute atomic E-state index is 0.139. The number of alkyl halides is 1. The van der Waals surface area contributed by atoms with Crippen molar-refractivity contribution < 1.29 is 9.53 Å². The summed E-state index contributed by atoms with van der Waals surface area (Å²) in [5.41, 5.74) is -0.748. The number of rotatable bonds is 9. The molecule has 2 heterocycles. The second kappa shape index (κ2) is 5.84. The Hall–Kier alpha value is -0.280. The fourth-order valence-electron chi connectivity index (χ4n) is 2.20. The lowest BCUT2D eigenvalue weighted by Crippen LogP contribution is -2.39. The largest absolute Gasteiger partial charge is 0.462 e. The molecular weight excluding hydrogens is 373 g/mol. The van der Waals surface area contributed by atoms with Gasteiger partial charge in [0.25, 0.3) is 0 Å². The van der Waals surface area contributed by atoms with Crippen molar-refractivity contribution in [2.45, 2.75) is 73.9 Å². The average molecular weight is 395 g/mol. The summed E-state index contributed by atoms with van der Waals surface area (Å²) in [6.45, 7) is 5.79. The monoisotopic (exact) mass is 395 g/mol. The van der Waals surface area contributed by atoms with Gasteiger partial charge in [-0.15, -0.1) is 0 Å². The molecule has 114 valence electrons. The Bertz CT molecular complexity index is 400. The van der Waals surface area contributed by atoms with Crippen LogP contribution in [-0.4, -0.2) is 33.4 Å². The van der Waals surface area contributed by atoms with Crippen LogP contribution in [0.3, 0.4) is 0 Å². The van der Waals surface area contributed by atoms with E-state index in [-0.39, 0.29) is 21.7 Å². The van der Waals surface area contributed by atoms with Crippen LogP contribution in [0.5, 0.6) is 0 Å². The highest BCUT2D eigenvalue weighted by molar-refractivity contribution is 14.1. The number of esters is 1. The zero-order valence-electron chi connectivity index (χ0n) is 12.1. The van der Waals surface area contributed by atoms with Gasteiger partial charge in [0, 0.05) is 0 Å². The average Bonchev–Trinajstić information content (AvgIpc) is 3.31. The zero-order chi connectivity index (χ0) is 15.0. The molecule has 0 aromatic carbocycles. The molecule has 0 amide bonds. The number of carbonyl (C=O) groups is 1. The number of fused-ring (bicyclic) bond motifs is 1. The van der Waals surface area contributed by atoms with Gasteiger partial charge in [-0.2, -0.15) is 4.91 Å². The molecular formula is C13H22IN3O3. The minimum Gasteiger partial charge on any atom is -0.462 e. The van der Waals surface area contributed by atoms with Crippen LogP contribution in [0.4, 0.5) is 0 Å². The molecule has 0 aromatic rings. The fourth-order valence-corrected chi connectivity index (χ4v) is 3.07. The van der Waals surface area contributed by atoms with Gasteiger partial charge in [-0.05, 0) is 32.6 Å². The maximum atomic E-state index is 12.1. The number of hydrogen-bond acceptors (Lipinski definition) is 6. The van der Waals surface area contributed by atoms with Crippen molar-refractivity contribution in [3.05, 3.63) is 4.91 Å². The van der Waals surface area contributed by atoms with E-state index in [2.05, 4.69) is 38.4 Å². The lowest BCUT2D eigenvalue weighted by atomic mass is 9.92. The van der Waals surface area contributed by atoms with Gasteiger partial charge in [0.1, 0.15) is 15.7 Å². The number of carbonyl (C=O) groups excluding carboxylic acids is 1. The predicted octanol–water partition coefficient (Wildman–Crippen LogP) is 2.06. The summed E-state index contributed by atoms with van der Waals surface area (Å²) in [6.07, 6.45) is 2.94. The molecule has 2 rings (SSSR count). The van der Waals surface area contributed by atoms with E-state index < -0.39 is 5.54 Å². The molecule has 7 heteroatoms. The normalized spacial score (nSPS) is 32.5. The fraction of sp³-hybridized carbons (Fsp3) is 0.923. The van der Waals surface area contributed by atoms with Crippen LogP contribution in [0.1, 0.15) is 46.5 Å². The van der Waals surface area contributed by atoms with Crippen LogP contribution < -0.4 is 10.6 Å². The summed E-state index contributed by atoms with van der Waals surface area (Å²) in [7, 11) is 0. The van der Waals surface area contributed by atoms with E-state index in [4.69, 9.17) is 4.74 Å². The van der Waals surface area contributed by atoms with Crippen LogP contribution in [0.25, 0.3) is 0 Å². The summed E-state index contributed by atoms with van der Waals surface area (Å²) < 4.78 is 5.36. The zero-order valence-corrected chi connectivity index (χ0v) is 14.3. The molecule has 2 N–H and O–H groups in total. The third-order valence-electron chi connectivity index (χ3n) is 4.39. The summed E-state index contributed by atoms with van der Waals surface area (Å²) >= 11 is 2.12. The standard InChI is InChI=1S/C13H22IN3O3/c1-4-8(6-7-12(3,5-2)17-19)20-10(18)9(14)13-11(15-13)16-13/h8-9,11,15-16H,4-7H2,1-3H3. The molecule has 0 aliphatic carbocycles. The second-order valence-electron chi connectivity index (χ2n) is 5.90. The number of nitrogens with zero attached hydrogens (tertiary/aromatic N) is 1. The van der Waals surface area contributed by atoms with E-state index in [0.717, 1.165) is 6.42 Å². The molecule has 3 atom stereocenters. The van der Waals surface area contributed by atoms with Gasteiger partial charge in [-0.3, -0.25) is 15.4 Å². The minimum atomic E-state index is -0.552. The highest BCUT2D eigenvalue weighted by atomic mass is 127. The van der Waals surface area contributed by atoms with Gasteiger partial charge in [-0.1, -0.05) is 41.6 Å². The summed E-state index contributed by atoms with van der Waals surface area (Å²) in [5, 5.41) is 9.56. The first-order valence-electron chi connectivity index (χ1n) is 7.15. The van der Waals surface area contributed by atoms with Crippen molar-refractivity contribution >= 4 is 28.6 Å². The van der Waals surface area contributed by atoms with Gasteiger partial charge < -0.3 is 4.74 Å². The van der Waals surface area contributed by atoms with Gasteiger partial charge in [0.05, 0.1) is 11.7 Å². The van der Waals surface area contributed by atoms with Gasteiger partial charge in [-0.25, -0.2) is 0 Å². The molecule has 2 saturated heterocycles. The smallest absolute Gasteiger partial charge is 0.322 e. The first-order valence-corrected chi connectivity index (χ1v) is 8.40. The maximum Gasteiger partial charge on any atom is 0.322 e. The van der Waals surface area contributed by atoms with Crippen LogP contribution in [0, 0.1) is 4.91 Å². The van der Waals surface area contributed by atoms with Crippen molar-refractivity contribution in [2.75, 3.05) is 0 Å². The summed E-state index contributed by atoms with van der Waals surface area (Å²) in [4.78, 5) is 23.0. The lowest BCUT2D eigenvalue weighted by Gasteiger charge is -2.24. The van der Waals surface area contributed by atoms with Gasteiger partial charge >= 0.3 is 5.97 Å². The third-order valence-corrected chi connectivity index (χ3v) is 5.88. The van der Waals surface area contributed by atoms with Crippen LogP contribution in [0.15, 0.2) is 5.18 Å². The molecule has 0 spiro atoms. The Kier molecular flexibility index (Phi) is 4.70. The highest BCUT2D eigenvalue weighted by Gasteiger charge is 2.75. The highest BCUT2D eigenvalue weighted by Crippen LogP contribution is 2.44. The number of nitroso groups, excluding NO2 is 1. The van der Waals surface area contributed by atoms with E-state index in [1.165, 1.54) is 0 Å². The topological polar surface area (TPSA) is 99.6 Å². The number of hydrogen-bond donors (Lipinski definition) is 2. The van der Waals surface area contributed by atoms with Gasteiger partial charge in [0.15, 0.2) is 0 Å². The van der Waals surface area contributed by atoms with Crippen molar-refractivity contribution in [3.8, 4) is 0 Å². The second-order valence-corrected chi connectivity index (χ2v) is 7.15. The molecule has 20 heavy (non-hydrogen) atoms. The molecule has 0 radical (unpaired) electrons. The molecule has 6 nitrogen and oxygen atoms in total. The maximum absolute atomic E-state index is 12.1. The van der Waals surface area contributed by atoms with E-state index in [0.29, 0.717) is 25.4 Å².